The normalized spacial score (nSPS) is 22.1. The van der Waals surface area contributed by atoms with Gasteiger partial charge in [-0.3, -0.25) is 4.79 Å². The Bertz CT molecular complexity index is 565. The van der Waals surface area contributed by atoms with Crippen LogP contribution in [0.1, 0.15) is 36.0 Å². The van der Waals surface area contributed by atoms with Crippen LogP contribution in [0.5, 0.6) is 5.75 Å². The first kappa shape index (κ1) is 15.8. The number of amides is 1. The molecule has 0 radical (unpaired) electrons. The van der Waals surface area contributed by atoms with Gasteiger partial charge in [0.05, 0.1) is 13.2 Å². The van der Waals surface area contributed by atoms with Crippen molar-refractivity contribution in [2.45, 2.75) is 37.8 Å². The topological polar surface area (TPSA) is 76.1 Å². The fraction of sp³-hybridized carbons (Fsp3) is 0.529. The van der Waals surface area contributed by atoms with Crippen LogP contribution in [-0.2, 0) is 9.53 Å². The number of benzene rings is 1. The summed E-state index contributed by atoms with van der Waals surface area (Å²) < 4.78 is 11.2. The van der Waals surface area contributed by atoms with Gasteiger partial charge in [-0.2, -0.15) is 0 Å². The minimum absolute atomic E-state index is 0.153. The molecule has 6 heteroatoms. The summed E-state index contributed by atoms with van der Waals surface area (Å²) in [7, 11) is 0. The van der Waals surface area contributed by atoms with Gasteiger partial charge < -0.3 is 19.5 Å². The first-order valence-corrected chi connectivity index (χ1v) is 8.03. The lowest BCUT2D eigenvalue weighted by Crippen LogP contribution is -2.40. The van der Waals surface area contributed by atoms with Crippen molar-refractivity contribution < 1.29 is 24.2 Å². The van der Waals surface area contributed by atoms with E-state index in [4.69, 9.17) is 9.47 Å². The second-order valence-corrected chi connectivity index (χ2v) is 5.95. The van der Waals surface area contributed by atoms with E-state index in [0.717, 1.165) is 25.0 Å². The Morgan fingerprint density at radius 2 is 1.83 bits per heavy atom. The summed E-state index contributed by atoms with van der Waals surface area (Å²) in [6.07, 6.45) is 3.14. The Hall–Kier alpha value is -2.08. The zero-order chi connectivity index (χ0) is 16.2. The molecule has 0 spiro atoms. The average molecular weight is 319 g/mol. The van der Waals surface area contributed by atoms with Crippen molar-refractivity contribution in [2.75, 3.05) is 19.8 Å². The van der Waals surface area contributed by atoms with Crippen molar-refractivity contribution in [1.29, 1.82) is 0 Å². The van der Waals surface area contributed by atoms with Crippen LogP contribution in [0.3, 0.4) is 0 Å². The monoisotopic (exact) mass is 319 g/mol. The Balaban J connectivity index is 1.64. The van der Waals surface area contributed by atoms with Crippen LogP contribution in [0.25, 0.3) is 0 Å². The smallest absolute Gasteiger partial charge is 0.326 e. The molecule has 0 aromatic heterocycles. The Labute approximate surface area is 135 Å². The van der Waals surface area contributed by atoms with Crippen LogP contribution in [0, 0.1) is 0 Å². The van der Waals surface area contributed by atoms with Gasteiger partial charge in [0.25, 0.3) is 5.91 Å². The second kappa shape index (κ2) is 7.00. The Morgan fingerprint density at radius 1 is 1.13 bits per heavy atom. The highest BCUT2D eigenvalue weighted by molar-refractivity contribution is 5.97. The van der Waals surface area contributed by atoms with E-state index in [0.29, 0.717) is 31.7 Å². The largest absolute Gasteiger partial charge is 0.490 e. The van der Waals surface area contributed by atoms with Crippen LogP contribution >= 0.6 is 0 Å². The number of carbonyl (C=O) groups is 2. The molecule has 3 rings (SSSR count). The zero-order valence-electron chi connectivity index (χ0n) is 12.9. The van der Waals surface area contributed by atoms with E-state index in [1.165, 1.54) is 4.90 Å². The number of nitrogens with zero attached hydrogens (tertiary/aromatic N) is 1. The molecule has 2 saturated heterocycles. The molecule has 124 valence electrons. The predicted octanol–water partition coefficient (Wildman–Crippen LogP) is 1.93. The van der Waals surface area contributed by atoms with Crippen LogP contribution < -0.4 is 4.74 Å². The van der Waals surface area contributed by atoms with E-state index in [2.05, 4.69) is 0 Å². The van der Waals surface area contributed by atoms with E-state index in [1.807, 2.05) is 0 Å². The number of carboxylic acid groups (broad SMARTS) is 1. The lowest BCUT2D eigenvalue weighted by Gasteiger charge is -2.24. The van der Waals surface area contributed by atoms with E-state index in [1.54, 1.807) is 24.3 Å². The highest BCUT2D eigenvalue weighted by Crippen LogP contribution is 2.23. The number of hydrogen-bond donors (Lipinski definition) is 1. The molecule has 1 amide bonds. The van der Waals surface area contributed by atoms with Gasteiger partial charge in [-0.1, -0.05) is 0 Å². The minimum atomic E-state index is -0.935. The van der Waals surface area contributed by atoms with Gasteiger partial charge in [-0.05, 0) is 37.1 Å². The summed E-state index contributed by atoms with van der Waals surface area (Å²) in [6.45, 7) is 1.93. The molecule has 2 aliphatic heterocycles. The maximum absolute atomic E-state index is 12.5. The minimum Gasteiger partial charge on any atom is -0.490 e. The number of carbonyl (C=O) groups excluding carboxylic acids is 1. The molecule has 0 bridgehead atoms. The van der Waals surface area contributed by atoms with Gasteiger partial charge in [0.1, 0.15) is 17.9 Å². The molecule has 1 aromatic carbocycles. The van der Waals surface area contributed by atoms with Crippen LogP contribution in [0.15, 0.2) is 24.3 Å². The van der Waals surface area contributed by atoms with Gasteiger partial charge in [0.15, 0.2) is 0 Å². The van der Waals surface area contributed by atoms with Crippen molar-refractivity contribution in [1.82, 2.24) is 4.90 Å². The quantitative estimate of drug-likeness (QED) is 0.918. The van der Waals surface area contributed by atoms with E-state index in [9.17, 15) is 14.7 Å². The molecule has 0 unspecified atom stereocenters. The van der Waals surface area contributed by atoms with Gasteiger partial charge in [-0.25, -0.2) is 4.79 Å². The SMILES string of the molecule is O=C(O)[C@H]1CCCN1C(=O)c1ccc(OC2CCOCC2)cc1. The third-order valence-electron chi connectivity index (χ3n) is 4.37. The maximum Gasteiger partial charge on any atom is 0.326 e. The lowest BCUT2D eigenvalue weighted by molar-refractivity contribution is -0.141. The van der Waals surface area contributed by atoms with Gasteiger partial charge in [0.2, 0.25) is 0 Å². The van der Waals surface area contributed by atoms with Crippen LogP contribution in [-0.4, -0.2) is 53.8 Å². The Kier molecular flexibility index (Phi) is 4.81. The molecule has 0 aliphatic carbocycles. The van der Waals surface area contributed by atoms with Crippen molar-refractivity contribution >= 4 is 11.9 Å². The van der Waals surface area contributed by atoms with E-state index >= 15 is 0 Å². The second-order valence-electron chi connectivity index (χ2n) is 5.95. The average Bonchev–Trinajstić information content (AvgIpc) is 3.06. The zero-order valence-corrected chi connectivity index (χ0v) is 12.9. The number of carboxylic acids is 1. The number of ether oxygens (including phenoxy) is 2. The molecular formula is C17H21NO5. The van der Waals surface area contributed by atoms with Crippen molar-refractivity contribution in [2.24, 2.45) is 0 Å². The van der Waals surface area contributed by atoms with Crippen molar-refractivity contribution in [3.05, 3.63) is 29.8 Å². The van der Waals surface area contributed by atoms with Crippen molar-refractivity contribution in [3.8, 4) is 5.75 Å². The highest BCUT2D eigenvalue weighted by Gasteiger charge is 2.34. The summed E-state index contributed by atoms with van der Waals surface area (Å²) >= 11 is 0. The molecule has 2 aliphatic rings. The van der Waals surface area contributed by atoms with E-state index in [-0.39, 0.29) is 12.0 Å². The summed E-state index contributed by atoms with van der Waals surface area (Å²) in [5.41, 5.74) is 0.498. The Morgan fingerprint density at radius 3 is 2.48 bits per heavy atom. The molecule has 1 N–H and O–H groups in total. The number of likely N-dealkylation sites (tertiary alicyclic amines) is 1. The van der Waals surface area contributed by atoms with Crippen molar-refractivity contribution in [3.63, 3.8) is 0 Å². The number of hydrogen-bond acceptors (Lipinski definition) is 4. The molecular weight excluding hydrogens is 298 g/mol. The summed E-state index contributed by atoms with van der Waals surface area (Å²) in [6, 6.07) is 6.24. The van der Waals surface area contributed by atoms with Crippen LogP contribution in [0.4, 0.5) is 0 Å². The molecule has 6 nitrogen and oxygen atoms in total. The number of rotatable bonds is 4. The number of aliphatic carboxylic acids is 1. The standard InChI is InChI=1S/C17H21NO5/c19-16(18-9-1-2-15(18)17(20)21)12-3-5-13(6-4-12)23-14-7-10-22-11-8-14/h3-6,14-15H,1-2,7-11H2,(H,20,21)/t15-/m1/s1. The van der Waals surface area contributed by atoms with Crippen LogP contribution in [0.2, 0.25) is 0 Å². The molecule has 2 heterocycles. The molecule has 23 heavy (non-hydrogen) atoms. The van der Waals surface area contributed by atoms with Gasteiger partial charge in [-0.15, -0.1) is 0 Å². The fourth-order valence-electron chi connectivity index (χ4n) is 3.09. The lowest BCUT2D eigenvalue weighted by atomic mass is 10.1. The summed E-state index contributed by atoms with van der Waals surface area (Å²) in [5, 5.41) is 9.18. The fourth-order valence-corrected chi connectivity index (χ4v) is 3.09. The first-order valence-electron chi connectivity index (χ1n) is 8.03. The highest BCUT2D eigenvalue weighted by atomic mass is 16.5. The third-order valence-corrected chi connectivity index (χ3v) is 4.37. The summed E-state index contributed by atoms with van der Waals surface area (Å²) in [4.78, 5) is 25.1. The summed E-state index contributed by atoms with van der Waals surface area (Å²) in [5.74, 6) is -0.438. The van der Waals surface area contributed by atoms with E-state index < -0.39 is 12.0 Å². The molecule has 1 aromatic rings. The van der Waals surface area contributed by atoms with Gasteiger partial charge >= 0.3 is 5.97 Å². The first-order chi connectivity index (χ1) is 11.1. The maximum atomic E-state index is 12.5. The molecule has 0 saturated carbocycles. The van der Waals surface area contributed by atoms with Gasteiger partial charge in [0, 0.05) is 24.9 Å². The molecule has 2 fully saturated rings. The predicted molar refractivity (Wildman–Crippen MR) is 82.6 cm³/mol. The third kappa shape index (κ3) is 3.64. The molecule has 1 atom stereocenters.